The molecule has 0 unspecified atom stereocenters. The molecule has 7 heteroatoms. The highest BCUT2D eigenvalue weighted by molar-refractivity contribution is 5.98. The van der Waals surface area contributed by atoms with Crippen LogP contribution in [0.5, 0.6) is 0 Å². The number of fused-ring (bicyclic) bond motifs is 1. The Morgan fingerprint density at radius 2 is 2.08 bits per heavy atom. The summed E-state index contributed by atoms with van der Waals surface area (Å²) in [4.78, 5) is 24.6. The molecule has 0 aliphatic carbocycles. The second-order valence-electron chi connectivity index (χ2n) is 6.61. The number of anilines is 2. The van der Waals surface area contributed by atoms with E-state index in [0.29, 0.717) is 25.7 Å². The molecule has 2 aromatic rings. The number of aromatic nitrogens is 2. The van der Waals surface area contributed by atoms with E-state index in [1.165, 1.54) is 0 Å². The number of amides is 2. The molecule has 0 saturated carbocycles. The number of carbonyl (C=O) groups is 2. The number of rotatable bonds is 3. The maximum Gasteiger partial charge on any atom is 0.252 e. The molecule has 130 valence electrons. The summed E-state index contributed by atoms with van der Waals surface area (Å²) in [7, 11) is 0. The lowest BCUT2D eigenvalue weighted by atomic mass is 9.87. The van der Waals surface area contributed by atoms with Gasteiger partial charge in [0.2, 0.25) is 5.91 Å². The summed E-state index contributed by atoms with van der Waals surface area (Å²) >= 11 is 0. The van der Waals surface area contributed by atoms with Gasteiger partial charge in [0, 0.05) is 30.2 Å². The average Bonchev–Trinajstić information content (AvgIpc) is 3.17. The van der Waals surface area contributed by atoms with Crippen LogP contribution < -0.4 is 16.0 Å². The second-order valence-corrected chi connectivity index (χ2v) is 6.61. The van der Waals surface area contributed by atoms with Crippen molar-refractivity contribution in [1.82, 2.24) is 15.1 Å². The summed E-state index contributed by atoms with van der Waals surface area (Å²) in [6.07, 6.45) is 6.13. The zero-order chi connectivity index (χ0) is 17.3. The molecule has 3 heterocycles. The van der Waals surface area contributed by atoms with E-state index in [9.17, 15) is 9.59 Å². The van der Waals surface area contributed by atoms with Gasteiger partial charge in [0.1, 0.15) is 5.54 Å². The maximum absolute atomic E-state index is 13.1. The fraction of sp³-hybridized carbons (Fsp3) is 0.389. The van der Waals surface area contributed by atoms with Crippen LogP contribution in [-0.4, -0.2) is 34.7 Å². The molecular formula is C18H21N5O2. The van der Waals surface area contributed by atoms with Crippen LogP contribution in [0.2, 0.25) is 0 Å². The number of hydrogen-bond donors (Lipinski definition) is 3. The Balaban J connectivity index is 1.59. The SMILES string of the molecule is O=C1CCc2cc(NC(=O)C3(n4cccn4)CCNCC3)ccc2N1. The van der Waals surface area contributed by atoms with Gasteiger partial charge in [-0.1, -0.05) is 0 Å². The Hall–Kier alpha value is -2.67. The number of nitrogens with zero attached hydrogens (tertiary/aromatic N) is 2. The van der Waals surface area contributed by atoms with Crippen molar-refractivity contribution >= 4 is 23.2 Å². The van der Waals surface area contributed by atoms with Crippen LogP contribution in [0.15, 0.2) is 36.7 Å². The van der Waals surface area contributed by atoms with Crippen LogP contribution >= 0.6 is 0 Å². The monoisotopic (exact) mass is 339 g/mol. The Labute approximate surface area is 145 Å². The molecule has 7 nitrogen and oxygen atoms in total. The number of benzene rings is 1. The first-order valence-corrected chi connectivity index (χ1v) is 8.62. The van der Waals surface area contributed by atoms with Crippen LogP contribution in [0.4, 0.5) is 11.4 Å². The lowest BCUT2D eigenvalue weighted by molar-refractivity contribution is -0.126. The summed E-state index contributed by atoms with van der Waals surface area (Å²) in [6.45, 7) is 1.56. The predicted molar refractivity (Wildman–Crippen MR) is 94.3 cm³/mol. The van der Waals surface area contributed by atoms with Crippen LogP contribution in [0.25, 0.3) is 0 Å². The van der Waals surface area contributed by atoms with E-state index in [1.54, 1.807) is 10.9 Å². The molecule has 2 aliphatic heterocycles. The largest absolute Gasteiger partial charge is 0.326 e. The second kappa shape index (κ2) is 6.33. The molecule has 2 aliphatic rings. The molecule has 0 spiro atoms. The molecule has 0 atom stereocenters. The smallest absolute Gasteiger partial charge is 0.252 e. The van der Waals surface area contributed by atoms with Gasteiger partial charge in [-0.05, 0) is 62.2 Å². The van der Waals surface area contributed by atoms with Gasteiger partial charge in [0.15, 0.2) is 0 Å². The summed E-state index contributed by atoms with van der Waals surface area (Å²) in [6, 6.07) is 7.48. The Morgan fingerprint density at radius 1 is 1.24 bits per heavy atom. The van der Waals surface area contributed by atoms with Crippen molar-refractivity contribution in [2.75, 3.05) is 23.7 Å². The zero-order valence-corrected chi connectivity index (χ0v) is 13.9. The van der Waals surface area contributed by atoms with Crippen LogP contribution in [0, 0.1) is 0 Å². The minimum atomic E-state index is -0.668. The summed E-state index contributed by atoms with van der Waals surface area (Å²) in [5, 5.41) is 13.6. The molecule has 1 aromatic heterocycles. The standard InChI is InChI=1S/C18H21N5O2/c24-16-5-2-13-12-14(3-4-15(13)22-16)21-17(25)18(6-9-19-10-7-18)23-11-1-8-20-23/h1,3-4,8,11-12,19H,2,5-7,9-10H2,(H,21,25)(H,22,24). The molecule has 4 rings (SSSR count). The first-order valence-electron chi connectivity index (χ1n) is 8.62. The molecule has 1 fully saturated rings. The Morgan fingerprint density at radius 3 is 2.84 bits per heavy atom. The number of carbonyl (C=O) groups excluding carboxylic acids is 2. The van der Waals surface area contributed by atoms with Crippen molar-refractivity contribution in [1.29, 1.82) is 0 Å². The van der Waals surface area contributed by atoms with Gasteiger partial charge in [0.25, 0.3) is 5.91 Å². The molecule has 2 amide bonds. The van der Waals surface area contributed by atoms with Crippen LogP contribution in [-0.2, 0) is 21.5 Å². The minimum Gasteiger partial charge on any atom is -0.326 e. The van der Waals surface area contributed by atoms with Crippen LogP contribution in [0.3, 0.4) is 0 Å². The van der Waals surface area contributed by atoms with Crippen molar-refractivity contribution in [3.8, 4) is 0 Å². The summed E-state index contributed by atoms with van der Waals surface area (Å²) < 4.78 is 1.78. The number of nitrogens with one attached hydrogen (secondary N) is 3. The minimum absolute atomic E-state index is 0.0385. The summed E-state index contributed by atoms with van der Waals surface area (Å²) in [5.74, 6) is -0.00544. The van der Waals surface area contributed by atoms with Gasteiger partial charge < -0.3 is 16.0 Å². The fourth-order valence-electron chi connectivity index (χ4n) is 3.63. The third-order valence-electron chi connectivity index (χ3n) is 5.05. The maximum atomic E-state index is 13.1. The topological polar surface area (TPSA) is 88.0 Å². The first kappa shape index (κ1) is 15.8. The van der Waals surface area contributed by atoms with Crippen molar-refractivity contribution in [2.45, 2.75) is 31.2 Å². The predicted octanol–water partition coefficient (Wildman–Crippen LogP) is 1.49. The molecule has 0 bridgehead atoms. The normalized spacial score (nSPS) is 19.0. The van der Waals surface area contributed by atoms with E-state index in [0.717, 1.165) is 30.0 Å². The number of aryl methyl sites for hydroxylation is 1. The lowest BCUT2D eigenvalue weighted by Crippen LogP contribution is -2.52. The van der Waals surface area contributed by atoms with Crippen molar-refractivity contribution < 1.29 is 9.59 Å². The van der Waals surface area contributed by atoms with Gasteiger partial charge >= 0.3 is 0 Å². The number of hydrogen-bond acceptors (Lipinski definition) is 4. The first-order chi connectivity index (χ1) is 12.2. The van der Waals surface area contributed by atoms with E-state index in [4.69, 9.17) is 0 Å². The molecular weight excluding hydrogens is 318 g/mol. The van der Waals surface area contributed by atoms with Gasteiger partial charge in [-0.15, -0.1) is 0 Å². The van der Waals surface area contributed by atoms with E-state index >= 15 is 0 Å². The Bertz CT molecular complexity index is 794. The average molecular weight is 339 g/mol. The highest BCUT2D eigenvalue weighted by Crippen LogP contribution is 2.30. The molecule has 1 saturated heterocycles. The van der Waals surface area contributed by atoms with E-state index in [2.05, 4.69) is 21.0 Å². The van der Waals surface area contributed by atoms with Crippen molar-refractivity contribution in [3.05, 3.63) is 42.2 Å². The highest BCUT2D eigenvalue weighted by Gasteiger charge is 2.42. The van der Waals surface area contributed by atoms with Gasteiger partial charge in [0.05, 0.1) is 0 Å². The third kappa shape index (κ3) is 2.91. The third-order valence-corrected chi connectivity index (χ3v) is 5.05. The highest BCUT2D eigenvalue weighted by atomic mass is 16.2. The quantitative estimate of drug-likeness (QED) is 0.790. The molecule has 25 heavy (non-hydrogen) atoms. The fourth-order valence-corrected chi connectivity index (χ4v) is 3.63. The van der Waals surface area contributed by atoms with E-state index in [1.807, 2.05) is 30.5 Å². The number of piperidine rings is 1. The zero-order valence-electron chi connectivity index (χ0n) is 13.9. The molecule has 1 aromatic carbocycles. The Kier molecular flexibility index (Phi) is 4.01. The van der Waals surface area contributed by atoms with E-state index in [-0.39, 0.29) is 11.8 Å². The van der Waals surface area contributed by atoms with Gasteiger partial charge in [-0.3, -0.25) is 14.3 Å². The summed E-state index contributed by atoms with van der Waals surface area (Å²) in [5.41, 5.74) is 1.97. The van der Waals surface area contributed by atoms with Crippen molar-refractivity contribution in [2.24, 2.45) is 0 Å². The lowest BCUT2D eigenvalue weighted by Gasteiger charge is -2.36. The van der Waals surface area contributed by atoms with Crippen molar-refractivity contribution in [3.63, 3.8) is 0 Å². The molecule has 0 radical (unpaired) electrons. The van der Waals surface area contributed by atoms with Crippen LogP contribution in [0.1, 0.15) is 24.8 Å². The van der Waals surface area contributed by atoms with E-state index < -0.39 is 5.54 Å². The molecule has 3 N–H and O–H groups in total. The van der Waals surface area contributed by atoms with Gasteiger partial charge in [-0.2, -0.15) is 5.10 Å². The van der Waals surface area contributed by atoms with Gasteiger partial charge in [-0.25, -0.2) is 0 Å².